The third kappa shape index (κ3) is 64.6. The normalized spacial score (nSPS) is 14.1. The molecule has 0 amide bonds. The number of aliphatic hydroxyl groups is 1. The number of esters is 4. The van der Waals surface area contributed by atoms with E-state index in [-0.39, 0.29) is 25.7 Å². The fraction of sp³-hybridized carbons (Fsp3) is 0.943. The van der Waals surface area contributed by atoms with E-state index in [0.29, 0.717) is 25.7 Å². The minimum Gasteiger partial charge on any atom is -0.462 e. The van der Waals surface area contributed by atoms with Gasteiger partial charge in [0.2, 0.25) is 0 Å². The molecule has 19 heteroatoms. The van der Waals surface area contributed by atoms with Crippen molar-refractivity contribution in [3.05, 3.63) is 0 Å². The summed E-state index contributed by atoms with van der Waals surface area (Å²) < 4.78 is 68.2. The fourth-order valence-electron chi connectivity index (χ4n) is 10.6. The number of rotatable bonds is 70. The highest BCUT2D eigenvalue weighted by Crippen LogP contribution is 2.45. The van der Waals surface area contributed by atoms with Crippen LogP contribution >= 0.6 is 15.6 Å². The lowest BCUT2D eigenvalue weighted by Gasteiger charge is -2.21. The van der Waals surface area contributed by atoms with Crippen LogP contribution in [0.5, 0.6) is 0 Å². The number of aliphatic hydroxyl groups excluding tert-OH is 1. The lowest BCUT2D eigenvalue weighted by molar-refractivity contribution is -0.161. The first-order valence-corrected chi connectivity index (χ1v) is 39.6. The Balaban J connectivity index is 5.22. The highest BCUT2D eigenvalue weighted by Gasteiger charge is 2.30. The van der Waals surface area contributed by atoms with Gasteiger partial charge < -0.3 is 33.8 Å². The van der Waals surface area contributed by atoms with Gasteiger partial charge in [0, 0.05) is 25.7 Å². The Labute approximate surface area is 543 Å². The van der Waals surface area contributed by atoms with Crippen LogP contribution in [0, 0.1) is 5.92 Å². The summed E-state index contributed by atoms with van der Waals surface area (Å²) in [5, 5.41) is 10.6. The molecular weight excluding hydrogens is 1170 g/mol. The lowest BCUT2D eigenvalue weighted by Crippen LogP contribution is -2.30. The molecule has 0 aliphatic heterocycles. The number of hydrogen-bond donors (Lipinski definition) is 3. The second-order valence-electron chi connectivity index (χ2n) is 25.7. The van der Waals surface area contributed by atoms with Crippen LogP contribution in [-0.2, 0) is 65.4 Å². The largest absolute Gasteiger partial charge is 0.472 e. The molecule has 0 heterocycles. The van der Waals surface area contributed by atoms with E-state index >= 15 is 0 Å². The van der Waals surface area contributed by atoms with Crippen molar-refractivity contribution in [1.82, 2.24) is 0 Å². The van der Waals surface area contributed by atoms with Crippen molar-refractivity contribution in [1.29, 1.82) is 0 Å². The Hall–Kier alpha value is -1.94. The smallest absolute Gasteiger partial charge is 0.462 e. The quantitative estimate of drug-likeness (QED) is 0.0222. The summed E-state index contributed by atoms with van der Waals surface area (Å²) in [5.41, 5.74) is 0. The molecule has 2 unspecified atom stereocenters. The van der Waals surface area contributed by atoms with E-state index in [0.717, 1.165) is 95.8 Å². The Kier molecular flexibility index (Phi) is 62.1. The highest BCUT2D eigenvalue weighted by atomic mass is 31.2. The molecule has 0 aliphatic rings. The van der Waals surface area contributed by atoms with Crippen LogP contribution in [0.4, 0.5) is 0 Å². The molecular formula is C70H136O17P2. The summed E-state index contributed by atoms with van der Waals surface area (Å²) in [6, 6.07) is 0. The summed E-state index contributed by atoms with van der Waals surface area (Å²) in [6.45, 7) is 7.23. The van der Waals surface area contributed by atoms with Crippen LogP contribution in [0.2, 0.25) is 0 Å². The predicted octanol–water partition coefficient (Wildman–Crippen LogP) is 20.1. The molecule has 0 aromatic heterocycles. The molecule has 0 spiro atoms. The molecule has 0 aromatic carbocycles. The van der Waals surface area contributed by atoms with Gasteiger partial charge in [-0.3, -0.25) is 37.3 Å². The van der Waals surface area contributed by atoms with Gasteiger partial charge in [-0.25, -0.2) is 9.13 Å². The standard InChI is InChI=1S/C70H136O17P2/c1-6-9-12-15-18-21-23-24-25-26-27-30-36-41-46-51-56-70(75)87-66(60-81-68(73)54-49-44-39-35-31-28-29-33-37-42-47-52-63(4)5)62-85-89(78,79)83-58-64(71)57-82-88(76,77)84-61-65(59-80-67(72)53-48-43-38-32-20-17-14-11-8-3)86-69(74)55-50-45-40-34-22-19-16-13-10-7-2/h63-66,71H,6-62H2,1-5H3,(H,76,77)(H,78,79)/t64-,65+,66+/m0/s1. The Morgan fingerprint density at radius 3 is 0.764 bits per heavy atom. The minimum absolute atomic E-state index is 0.107. The number of hydrogen-bond acceptors (Lipinski definition) is 15. The molecule has 3 N–H and O–H groups in total. The zero-order valence-electron chi connectivity index (χ0n) is 57.6. The number of carbonyl (C=O) groups is 4. The average Bonchev–Trinajstić information content (AvgIpc) is 3.68. The van der Waals surface area contributed by atoms with Gasteiger partial charge in [-0.05, 0) is 31.6 Å². The topological polar surface area (TPSA) is 237 Å². The third-order valence-corrected chi connectivity index (χ3v) is 18.2. The molecule has 0 aliphatic carbocycles. The van der Waals surface area contributed by atoms with Crippen molar-refractivity contribution in [2.45, 2.75) is 380 Å². The molecule has 0 aromatic rings. The molecule has 528 valence electrons. The van der Waals surface area contributed by atoms with Gasteiger partial charge in [0.25, 0.3) is 0 Å². The molecule has 5 atom stereocenters. The number of unbranched alkanes of at least 4 members (excludes halogenated alkanes) is 42. The van der Waals surface area contributed by atoms with E-state index in [1.807, 2.05) is 0 Å². The number of carbonyl (C=O) groups excluding carboxylic acids is 4. The summed E-state index contributed by atoms with van der Waals surface area (Å²) in [5.74, 6) is -1.35. The van der Waals surface area contributed by atoms with Gasteiger partial charge in [0.05, 0.1) is 26.4 Å². The third-order valence-electron chi connectivity index (χ3n) is 16.3. The van der Waals surface area contributed by atoms with Gasteiger partial charge >= 0.3 is 39.5 Å². The van der Waals surface area contributed by atoms with E-state index < -0.39 is 97.5 Å². The Bertz CT molecular complexity index is 1720. The van der Waals surface area contributed by atoms with Gasteiger partial charge in [0.1, 0.15) is 19.3 Å². The molecule has 0 rings (SSSR count). The highest BCUT2D eigenvalue weighted by molar-refractivity contribution is 7.47. The fourth-order valence-corrected chi connectivity index (χ4v) is 12.2. The zero-order valence-corrected chi connectivity index (χ0v) is 59.4. The van der Waals surface area contributed by atoms with Crippen LogP contribution < -0.4 is 0 Å². The Morgan fingerprint density at radius 2 is 0.517 bits per heavy atom. The maximum absolute atomic E-state index is 13.0. The van der Waals surface area contributed by atoms with Crippen molar-refractivity contribution in [3.63, 3.8) is 0 Å². The SMILES string of the molecule is CCCCCCCCCCCCCCCCCCC(=O)O[C@H](COC(=O)CCCCCCCCCCCCCC(C)C)COP(=O)(O)OC[C@@H](O)COP(=O)(O)OC[C@@H](COC(=O)CCCCCCCCCCC)OC(=O)CCCCCCCCCCCC. The molecule has 0 radical (unpaired) electrons. The maximum Gasteiger partial charge on any atom is 0.472 e. The van der Waals surface area contributed by atoms with Crippen LogP contribution in [-0.4, -0.2) is 96.7 Å². The first-order valence-electron chi connectivity index (χ1n) is 36.6. The zero-order chi connectivity index (χ0) is 65.6. The van der Waals surface area contributed by atoms with Gasteiger partial charge in [-0.2, -0.15) is 0 Å². The molecule has 17 nitrogen and oxygen atoms in total. The molecule has 0 bridgehead atoms. The molecule has 89 heavy (non-hydrogen) atoms. The van der Waals surface area contributed by atoms with Crippen LogP contribution in [0.1, 0.15) is 362 Å². The molecule has 0 saturated heterocycles. The van der Waals surface area contributed by atoms with Crippen molar-refractivity contribution >= 4 is 39.5 Å². The van der Waals surface area contributed by atoms with Gasteiger partial charge in [0.15, 0.2) is 12.2 Å². The Morgan fingerprint density at radius 1 is 0.303 bits per heavy atom. The summed E-state index contributed by atoms with van der Waals surface area (Å²) >= 11 is 0. The second kappa shape index (κ2) is 63.5. The van der Waals surface area contributed by atoms with Gasteiger partial charge in [-0.15, -0.1) is 0 Å². The molecule has 0 saturated carbocycles. The van der Waals surface area contributed by atoms with E-state index in [4.69, 9.17) is 37.0 Å². The van der Waals surface area contributed by atoms with Gasteiger partial charge in [-0.1, -0.05) is 311 Å². The minimum atomic E-state index is -4.95. The monoisotopic (exact) mass is 1310 g/mol. The first-order chi connectivity index (χ1) is 43.0. The van der Waals surface area contributed by atoms with E-state index in [9.17, 15) is 43.2 Å². The molecule has 0 fully saturated rings. The lowest BCUT2D eigenvalue weighted by atomic mass is 10.0. The average molecular weight is 1310 g/mol. The van der Waals surface area contributed by atoms with E-state index in [1.54, 1.807) is 0 Å². The van der Waals surface area contributed by atoms with Crippen LogP contribution in [0.15, 0.2) is 0 Å². The number of phosphoric acid groups is 2. The second-order valence-corrected chi connectivity index (χ2v) is 28.7. The summed E-state index contributed by atoms with van der Waals surface area (Å²) in [4.78, 5) is 72.5. The first kappa shape index (κ1) is 87.1. The summed E-state index contributed by atoms with van der Waals surface area (Å²) in [6.07, 6.45) is 49.9. The maximum atomic E-state index is 13.0. The van der Waals surface area contributed by atoms with Crippen molar-refractivity contribution < 1.29 is 80.2 Å². The van der Waals surface area contributed by atoms with Crippen LogP contribution in [0.3, 0.4) is 0 Å². The van der Waals surface area contributed by atoms with Crippen molar-refractivity contribution in [3.8, 4) is 0 Å². The summed E-state index contributed by atoms with van der Waals surface area (Å²) in [7, 11) is -9.89. The van der Waals surface area contributed by atoms with Crippen molar-refractivity contribution in [2.75, 3.05) is 39.6 Å². The number of phosphoric ester groups is 2. The van der Waals surface area contributed by atoms with E-state index in [2.05, 4.69) is 34.6 Å². The van der Waals surface area contributed by atoms with Crippen molar-refractivity contribution in [2.24, 2.45) is 5.92 Å². The van der Waals surface area contributed by atoms with E-state index in [1.165, 1.54) is 186 Å². The number of ether oxygens (including phenoxy) is 4. The van der Waals surface area contributed by atoms with Crippen LogP contribution in [0.25, 0.3) is 0 Å². The predicted molar refractivity (Wildman–Crippen MR) is 358 cm³/mol.